The number of aryl methyl sites for hydroxylation is 1. The van der Waals surface area contributed by atoms with E-state index in [0.29, 0.717) is 15.4 Å². The highest BCUT2D eigenvalue weighted by Crippen LogP contribution is 2.36. The topological polar surface area (TPSA) is 74.8 Å². The molecule has 2 aromatic heterocycles. The van der Waals surface area contributed by atoms with Crippen LogP contribution in [0.3, 0.4) is 0 Å². The Kier molecular flexibility index (Phi) is 5.67. The lowest BCUT2D eigenvalue weighted by atomic mass is 10.0. The quantitative estimate of drug-likeness (QED) is 0.495. The monoisotopic (exact) mass is 405 g/mol. The number of nitrogens with zero attached hydrogens (tertiary/aromatic N) is 1. The van der Waals surface area contributed by atoms with Crippen molar-refractivity contribution in [3.05, 3.63) is 45.3 Å². The predicted octanol–water partition coefficient (Wildman–Crippen LogP) is 4.10. The highest BCUT2D eigenvalue weighted by atomic mass is 32.2. The number of fused-ring (bicyclic) bond motifs is 1. The van der Waals surface area contributed by atoms with Gasteiger partial charge in [0.15, 0.2) is 5.16 Å². The van der Waals surface area contributed by atoms with Crippen molar-refractivity contribution in [3.63, 3.8) is 0 Å². The van der Waals surface area contributed by atoms with Gasteiger partial charge in [-0.15, -0.1) is 11.3 Å². The van der Waals surface area contributed by atoms with Gasteiger partial charge < -0.3 is 10.3 Å². The zero-order valence-corrected chi connectivity index (χ0v) is 17.1. The third-order valence-corrected chi connectivity index (χ3v) is 5.92. The first-order valence-electron chi connectivity index (χ1n) is 8.52. The van der Waals surface area contributed by atoms with Gasteiger partial charge in [0.05, 0.1) is 10.6 Å². The summed E-state index contributed by atoms with van der Waals surface area (Å²) >= 11 is 2.63. The van der Waals surface area contributed by atoms with E-state index in [1.165, 1.54) is 35.2 Å². The van der Waals surface area contributed by atoms with E-state index in [1.54, 1.807) is 19.1 Å². The van der Waals surface area contributed by atoms with Crippen LogP contribution in [0.15, 0.2) is 34.2 Å². The maximum absolute atomic E-state index is 13.2. The molecule has 27 heavy (non-hydrogen) atoms. The molecule has 0 saturated heterocycles. The summed E-state index contributed by atoms with van der Waals surface area (Å²) in [7, 11) is 0. The fourth-order valence-corrected chi connectivity index (χ4v) is 4.65. The molecule has 1 amide bonds. The third kappa shape index (κ3) is 4.22. The fourth-order valence-electron chi connectivity index (χ4n) is 2.74. The minimum Gasteiger partial charge on any atom is -0.353 e. The number of hydrogen-bond acceptors (Lipinski definition) is 5. The number of carbonyl (C=O) groups excluding carboxylic acids is 1. The molecule has 142 valence electrons. The lowest BCUT2D eigenvalue weighted by Crippen LogP contribution is -2.36. The maximum Gasteiger partial charge on any atom is 0.260 e. The van der Waals surface area contributed by atoms with Gasteiger partial charge in [-0.2, -0.15) is 0 Å². The van der Waals surface area contributed by atoms with Crippen molar-refractivity contribution in [1.29, 1.82) is 0 Å². The van der Waals surface area contributed by atoms with E-state index in [4.69, 9.17) is 0 Å². The largest absolute Gasteiger partial charge is 0.353 e. The molecule has 0 bridgehead atoms. The SMILES string of the molecule is Cc1sc2nc(S[C@@H](C)C(=O)NC(C)C)[nH]c(=O)c2c1-c1ccc(F)cc1. The molecule has 0 spiro atoms. The van der Waals surface area contributed by atoms with E-state index >= 15 is 0 Å². The highest BCUT2D eigenvalue weighted by Gasteiger charge is 2.20. The van der Waals surface area contributed by atoms with Crippen LogP contribution in [0, 0.1) is 12.7 Å². The average Bonchev–Trinajstić information content (AvgIpc) is 2.91. The molecule has 2 heterocycles. The van der Waals surface area contributed by atoms with Gasteiger partial charge in [-0.3, -0.25) is 9.59 Å². The first-order valence-corrected chi connectivity index (χ1v) is 10.2. The Morgan fingerprint density at radius 2 is 1.93 bits per heavy atom. The van der Waals surface area contributed by atoms with Gasteiger partial charge in [-0.25, -0.2) is 9.37 Å². The first-order chi connectivity index (χ1) is 12.8. The normalized spacial score (nSPS) is 12.5. The van der Waals surface area contributed by atoms with Crippen molar-refractivity contribution in [2.24, 2.45) is 0 Å². The van der Waals surface area contributed by atoms with Gasteiger partial charge in [0.2, 0.25) is 5.91 Å². The van der Waals surface area contributed by atoms with Crippen molar-refractivity contribution in [2.75, 3.05) is 0 Å². The Morgan fingerprint density at radius 1 is 1.26 bits per heavy atom. The van der Waals surface area contributed by atoms with Crippen LogP contribution in [0.2, 0.25) is 0 Å². The molecule has 5 nitrogen and oxygen atoms in total. The maximum atomic E-state index is 13.2. The number of halogens is 1. The molecule has 0 radical (unpaired) electrons. The van der Waals surface area contributed by atoms with Gasteiger partial charge in [0, 0.05) is 16.5 Å². The van der Waals surface area contributed by atoms with E-state index < -0.39 is 0 Å². The summed E-state index contributed by atoms with van der Waals surface area (Å²) in [6.07, 6.45) is 0. The summed E-state index contributed by atoms with van der Waals surface area (Å²) in [6.45, 7) is 7.48. The van der Waals surface area contributed by atoms with Crippen molar-refractivity contribution in [3.8, 4) is 11.1 Å². The standard InChI is InChI=1S/C19H20FN3O2S2/c1-9(2)21-16(24)11(4)27-19-22-17(25)15-14(10(3)26-18(15)23-19)12-5-7-13(20)8-6-12/h5-9,11H,1-4H3,(H,21,24)(H,22,23,25)/t11-/m0/s1. The second kappa shape index (κ2) is 7.82. The highest BCUT2D eigenvalue weighted by molar-refractivity contribution is 8.00. The Labute approximate surface area is 164 Å². The van der Waals surface area contributed by atoms with E-state index in [0.717, 1.165) is 16.0 Å². The van der Waals surface area contributed by atoms with Gasteiger partial charge in [-0.1, -0.05) is 23.9 Å². The Morgan fingerprint density at radius 3 is 2.56 bits per heavy atom. The zero-order chi connectivity index (χ0) is 19.7. The number of carbonyl (C=O) groups is 1. The molecule has 3 aromatic rings. The summed E-state index contributed by atoms with van der Waals surface area (Å²) in [5.41, 5.74) is 1.28. The first kappa shape index (κ1) is 19.6. The van der Waals surface area contributed by atoms with Crippen molar-refractivity contribution >= 4 is 39.2 Å². The van der Waals surface area contributed by atoms with Crippen LogP contribution in [0.5, 0.6) is 0 Å². The number of aromatic nitrogens is 2. The van der Waals surface area contributed by atoms with Crippen molar-refractivity contribution < 1.29 is 9.18 Å². The van der Waals surface area contributed by atoms with Crippen LogP contribution in [0.4, 0.5) is 4.39 Å². The number of nitrogens with one attached hydrogen (secondary N) is 2. The van der Waals surface area contributed by atoms with Gasteiger partial charge in [0.25, 0.3) is 5.56 Å². The van der Waals surface area contributed by atoms with E-state index in [-0.39, 0.29) is 28.6 Å². The molecular weight excluding hydrogens is 385 g/mol. The number of benzene rings is 1. The molecule has 8 heteroatoms. The lowest BCUT2D eigenvalue weighted by molar-refractivity contribution is -0.120. The fraction of sp³-hybridized carbons (Fsp3) is 0.316. The lowest BCUT2D eigenvalue weighted by Gasteiger charge is -2.13. The van der Waals surface area contributed by atoms with Crippen LogP contribution < -0.4 is 10.9 Å². The van der Waals surface area contributed by atoms with E-state index in [9.17, 15) is 14.0 Å². The summed E-state index contributed by atoms with van der Waals surface area (Å²) in [6, 6.07) is 6.11. The summed E-state index contributed by atoms with van der Waals surface area (Å²) in [5, 5.41) is 3.36. The Bertz CT molecular complexity index is 1040. The summed E-state index contributed by atoms with van der Waals surface area (Å²) < 4.78 is 13.2. The molecule has 0 unspecified atom stereocenters. The third-order valence-electron chi connectivity index (χ3n) is 3.94. The van der Waals surface area contributed by atoms with Crippen LogP contribution in [-0.4, -0.2) is 27.2 Å². The molecule has 0 aliphatic heterocycles. The van der Waals surface area contributed by atoms with Crippen molar-refractivity contribution in [1.82, 2.24) is 15.3 Å². The number of aromatic amines is 1. The second-order valence-electron chi connectivity index (χ2n) is 6.51. The molecule has 0 saturated carbocycles. The molecule has 2 N–H and O–H groups in total. The Hall–Kier alpha value is -2.19. The molecule has 1 atom stereocenters. The minimum absolute atomic E-state index is 0.0493. The number of hydrogen-bond donors (Lipinski definition) is 2. The molecular formula is C19H20FN3O2S2. The molecule has 0 aliphatic carbocycles. The smallest absolute Gasteiger partial charge is 0.260 e. The predicted molar refractivity (Wildman–Crippen MR) is 109 cm³/mol. The number of thiophene rings is 1. The Balaban J connectivity index is 1.98. The van der Waals surface area contributed by atoms with Gasteiger partial charge >= 0.3 is 0 Å². The number of amides is 1. The summed E-state index contributed by atoms with van der Waals surface area (Å²) in [4.78, 5) is 33.7. The van der Waals surface area contributed by atoms with Crippen LogP contribution in [-0.2, 0) is 4.79 Å². The van der Waals surface area contributed by atoms with E-state index in [2.05, 4.69) is 15.3 Å². The average molecular weight is 406 g/mol. The number of rotatable bonds is 5. The van der Waals surface area contributed by atoms with Gasteiger partial charge in [0.1, 0.15) is 10.6 Å². The van der Waals surface area contributed by atoms with Gasteiger partial charge in [-0.05, 0) is 45.4 Å². The van der Waals surface area contributed by atoms with Crippen molar-refractivity contribution in [2.45, 2.75) is 44.1 Å². The molecule has 3 rings (SSSR count). The molecule has 0 aliphatic rings. The molecule has 0 fully saturated rings. The summed E-state index contributed by atoms with van der Waals surface area (Å²) in [5.74, 6) is -0.428. The second-order valence-corrected chi connectivity index (χ2v) is 9.05. The van der Waals surface area contributed by atoms with Crippen LogP contribution in [0.1, 0.15) is 25.6 Å². The van der Waals surface area contributed by atoms with Crippen LogP contribution in [0.25, 0.3) is 21.3 Å². The molecule has 1 aromatic carbocycles. The van der Waals surface area contributed by atoms with Crippen LogP contribution >= 0.6 is 23.1 Å². The number of thioether (sulfide) groups is 1. The number of H-pyrrole nitrogens is 1. The minimum atomic E-state index is -0.384. The van der Waals surface area contributed by atoms with E-state index in [1.807, 2.05) is 20.8 Å². The zero-order valence-electron chi connectivity index (χ0n) is 15.4.